The molecule has 2 heteroatoms. The van der Waals surface area contributed by atoms with Crippen LogP contribution >= 0.6 is 0 Å². The largest absolute Gasteiger partial charge is 0.393 e. The van der Waals surface area contributed by atoms with Gasteiger partial charge in [-0.1, -0.05) is 6.92 Å². The van der Waals surface area contributed by atoms with Crippen molar-refractivity contribution in [2.24, 2.45) is 17.8 Å². The van der Waals surface area contributed by atoms with E-state index in [0.717, 1.165) is 24.3 Å². The van der Waals surface area contributed by atoms with E-state index in [0.29, 0.717) is 5.92 Å². The van der Waals surface area contributed by atoms with Gasteiger partial charge in [0.05, 0.1) is 6.10 Å². The highest BCUT2D eigenvalue weighted by Crippen LogP contribution is 2.44. The standard InChI is InChI=1S/C11H19NO/c1-7-2-8-5-12-6-9(4-10(8)12)11(13)3-7/h7-11,13H,2-6H2,1H3. The molecule has 0 aromatic carbocycles. The predicted molar refractivity (Wildman–Crippen MR) is 51.4 cm³/mol. The van der Waals surface area contributed by atoms with E-state index in [9.17, 15) is 5.11 Å². The van der Waals surface area contributed by atoms with Gasteiger partial charge in [0.15, 0.2) is 0 Å². The van der Waals surface area contributed by atoms with Crippen molar-refractivity contribution in [2.75, 3.05) is 13.1 Å². The zero-order chi connectivity index (χ0) is 9.00. The Labute approximate surface area is 79.9 Å². The summed E-state index contributed by atoms with van der Waals surface area (Å²) in [7, 11) is 0. The van der Waals surface area contributed by atoms with E-state index >= 15 is 0 Å². The van der Waals surface area contributed by atoms with Gasteiger partial charge in [0.1, 0.15) is 0 Å². The van der Waals surface area contributed by atoms with E-state index in [-0.39, 0.29) is 6.10 Å². The lowest BCUT2D eigenvalue weighted by molar-refractivity contribution is 0.0330. The quantitative estimate of drug-likeness (QED) is 0.605. The van der Waals surface area contributed by atoms with Crippen LogP contribution in [0.25, 0.3) is 0 Å². The zero-order valence-corrected chi connectivity index (χ0v) is 8.32. The van der Waals surface area contributed by atoms with Crippen molar-refractivity contribution in [1.29, 1.82) is 0 Å². The van der Waals surface area contributed by atoms with Gasteiger partial charge in [0, 0.05) is 19.1 Å². The van der Waals surface area contributed by atoms with Crippen molar-refractivity contribution in [3.8, 4) is 0 Å². The molecule has 74 valence electrons. The van der Waals surface area contributed by atoms with Gasteiger partial charge in [0.25, 0.3) is 0 Å². The molecule has 0 spiro atoms. The molecule has 0 aromatic heterocycles. The Morgan fingerprint density at radius 3 is 2.69 bits per heavy atom. The summed E-state index contributed by atoms with van der Waals surface area (Å²) in [6.45, 7) is 4.80. The number of hydrogen-bond acceptors (Lipinski definition) is 2. The third-order valence-corrected chi connectivity index (χ3v) is 4.39. The molecule has 1 saturated carbocycles. The van der Waals surface area contributed by atoms with Gasteiger partial charge in [-0.25, -0.2) is 0 Å². The highest BCUT2D eigenvalue weighted by Gasteiger charge is 2.49. The van der Waals surface area contributed by atoms with Crippen LogP contribution in [-0.4, -0.2) is 35.2 Å². The first-order valence-electron chi connectivity index (χ1n) is 5.66. The molecule has 0 amide bonds. The molecule has 2 saturated heterocycles. The number of nitrogens with zero attached hydrogens (tertiary/aromatic N) is 1. The molecule has 0 aromatic rings. The Morgan fingerprint density at radius 2 is 1.85 bits per heavy atom. The summed E-state index contributed by atoms with van der Waals surface area (Å²) >= 11 is 0. The molecular formula is C11H19NO. The summed E-state index contributed by atoms with van der Waals surface area (Å²) in [5.74, 6) is 2.30. The monoisotopic (exact) mass is 181 g/mol. The van der Waals surface area contributed by atoms with Crippen LogP contribution in [0.4, 0.5) is 0 Å². The number of rotatable bonds is 0. The summed E-state index contributed by atoms with van der Waals surface area (Å²) < 4.78 is 0. The maximum Gasteiger partial charge on any atom is 0.0583 e. The average Bonchev–Trinajstić information content (AvgIpc) is 2.41. The fourth-order valence-electron chi connectivity index (χ4n) is 3.68. The fraction of sp³-hybridized carbons (Fsp3) is 1.00. The van der Waals surface area contributed by atoms with Crippen molar-refractivity contribution >= 4 is 0 Å². The van der Waals surface area contributed by atoms with E-state index < -0.39 is 0 Å². The van der Waals surface area contributed by atoms with Gasteiger partial charge in [-0.3, -0.25) is 4.90 Å². The van der Waals surface area contributed by atoms with Gasteiger partial charge in [-0.15, -0.1) is 0 Å². The SMILES string of the molecule is CC1CC(O)C2CC3C(C1)CN3C2. The molecule has 1 N–H and O–H groups in total. The zero-order valence-electron chi connectivity index (χ0n) is 8.32. The van der Waals surface area contributed by atoms with Gasteiger partial charge in [-0.05, 0) is 37.0 Å². The summed E-state index contributed by atoms with van der Waals surface area (Å²) in [5, 5.41) is 9.98. The number of hydrogen-bond donors (Lipinski definition) is 1. The second-order valence-electron chi connectivity index (χ2n) is 5.42. The lowest BCUT2D eigenvalue weighted by atomic mass is 9.76. The molecule has 0 radical (unpaired) electrons. The van der Waals surface area contributed by atoms with Crippen LogP contribution in [0.1, 0.15) is 26.2 Å². The number of aliphatic hydroxyl groups excluding tert-OH is 1. The van der Waals surface area contributed by atoms with E-state index in [4.69, 9.17) is 0 Å². The Morgan fingerprint density at radius 1 is 1.08 bits per heavy atom. The summed E-state index contributed by atoms with van der Waals surface area (Å²) in [6, 6.07) is 0.849. The second-order valence-corrected chi connectivity index (χ2v) is 5.42. The molecule has 1 aliphatic carbocycles. The average molecular weight is 181 g/mol. The maximum absolute atomic E-state index is 9.98. The molecular weight excluding hydrogens is 162 g/mol. The van der Waals surface area contributed by atoms with E-state index in [2.05, 4.69) is 11.8 Å². The summed E-state index contributed by atoms with van der Waals surface area (Å²) in [5.41, 5.74) is 0. The minimum Gasteiger partial charge on any atom is -0.393 e. The molecule has 3 rings (SSSR count). The molecule has 5 atom stereocenters. The van der Waals surface area contributed by atoms with Crippen LogP contribution in [0, 0.1) is 17.8 Å². The summed E-state index contributed by atoms with van der Waals surface area (Å²) in [4.78, 5) is 2.58. The highest BCUT2D eigenvalue weighted by molar-refractivity contribution is 5.02. The van der Waals surface area contributed by atoms with Gasteiger partial charge < -0.3 is 5.11 Å². The molecule has 2 aliphatic heterocycles. The fourth-order valence-corrected chi connectivity index (χ4v) is 3.68. The molecule has 2 heterocycles. The highest BCUT2D eigenvalue weighted by atomic mass is 16.3. The van der Waals surface area contributed by atoms with Crippen molar-refractivity contribution in [3.05, 3.63) is 0 Å². The minimum absolute atomic E-state index is 0.0125. The molecule has 3 aliphatic rings. The molecule has 3 fully saturated rings. The van der Waals surface area contributed by atoms with E-state index in [1.54, 1.807) is 0 Å². The van der Waals surface area contributed by atoms with Gasteiger partial charge in [0.2, 0.25) is 0 Å². The van der Waals surface area contributed by atoms with Crippen molar-refractivity contribution < 1.29 is 5.11 Å². The Balaban J connectivity index is 1.81. The second kappa shape index (κ2) is 2.71. The van der Waals surface area contributed by atoms with Crippen LogP contribution in [0.3, 0.4) is 0 Å². The number of fused-ring (bicyclic) bond motifs is 1. The van der Waals surface area contributed by atoms with Crippen molar-refractivity contribution in [3.63, 3.8) is 0 Å². The van der Waals surface area contributed by atoms with E-state index in [1.165, 1.54) is 25.9 Å². The maximum atomic E-state index is 9.98. The van der Waals surface area contributed by atoms with Crippen molar-refractivity contribution in [2.45, 2.75) is 38.3 Å². The molecule has 13 heavy (non-hydrogen) atoms. The van der Waals surface area contributed by atoms with E-state index in [1.807, 2.05) is 0 Å². The van der Waals surface area contributed by atoms with Crippen LogP contribution in [0.15, 0.2) is 0 Å². The van der Waals surface area contributed by atoms with Gasteiger partial charge >= 0.3 is 0 Å². The lowest BCUT2D eigenvalue weighted by Gasteiger charge is -2.45. The van der Waals surface area contributed by atoms with Crippen LogP contribution in [0.2, 0.25) is 0 Å². The first-order chi connectivity index (χ1) is 6.24. The predicted octanol–water partition coefficient (Wildman–Crippen LogP) is 1.10. The summed E-state index contributed by atoms with van der Waals surface area (Å²) in [6.07, 6.45) is 3.66. The smallest absolute Gasteiger partial charge is 0.0583 e. The number of aliphatic hydroxyl groups is 1. The third-order valence-electron chi connectivity index (χ3n) is 4.39. The normalized spacial score (nSPS) is 55.4. The Kier molecular flexibility index (Phi) is 1.72. The molecule has 2 nitrogen and oxygen atoms in total. The Bertz CT molecular complexity index is 216. The minimum atomic E-state index is -0.0125. The first kappa shape index (κ1) is 8.25. The molecule has 5 unspecified atom stereocenters. The third kappa shape index (κ3) is 1.15. The Hall–Kier alpha value is -0.0800. The lowest BCUT2D eigenvalue weighted by Crippen LogP contribution is -2.52. The topological polar surface area (TPSA) is 23.5 Å². The molecule has 2 bridgehead atoms. The van der Waals surface area contributed by atoms with Gasteiger partial charge in [-0.2, -0.15) is 0 Å². The van der Waals surface area contributed by atoms with Crippen LogP contribution < -0.4 is 0 Å². The first-order valence-corrected chi connectivity index (χ1v) is 5.66. The van der Waals surface area contributed by atoms with Crippen LogP contribution in [-0.2, 0) is 0 Å². The van der Waals surface area contributed by atoms with Crippen LogP contribution in [0.5, 0.6) is 0 Å². The van der Waals surface area contributed by atoms with Crippen molar-refractivity contribution in [1.82, 2.24) is 4.90 Å².